The number of allylic oxidation sites excluding steroid dienone is 1. The van der Waals surface area contributed by atoms with Crippen LogP contribution in [0.4, 0.5) is 0 Å². The van der Waals surface area contributed by atoms with Gasteiger partial charge in [0.15, 0.2) is 5.69 Å². The Kier molecular flexibility index (Phi) is 5.02. The van der Waals surface area contributed by atoms with Gasteiger partial charge >= 0.3 is 0 Å². The van der Waals surface area contributed by atoms with E-state index >= 15 is 0 Å². The molecule has 2 bridgehead atoms. The van der Waals surface area contributed by atoms with Gasteiger partial charge in [-0.1, -0.05) is 23.3 Å². The molecule has 24 heavy (non-hydrogen) atoms. The molecule has 3 fully saturated rings. The molecule has 132 valence electrons. The van der Waals surface area contributed by atoms with E-state index in [1.54, 1.807) is 4.68 Å². The summed E-state index contributed by atoms with van der Waals surface area (Å²) >= 11 is 6.32. The molecule has 6 heteroatoms. The van der Waals surface area contributed by atoms with Crippen LogP contribution >= 0.6 is 11.6 Å². The van der Waals surface area contributed by atoms with Crippen LogP contribution in [0.2, 0.25) is 5.02 Å². The summed E-state index contributed by atoms with van der Waals surface area (Å²) in [6.07, 6.45) is 4.65. The Labute approximate surface area is 149 Å². The first-order valence-corrected chi connectivity index (χ1v) is 9.10. The minimum absolute atomic E-state index is 0.0235. The van der Waals surface area contributed by atoms with Crippen molar-refractivity contribution in [3.05, 3.63) is 28.1 Å². The fraction of sp³-hybridized carbons (Fsp3) is 0.667. The van der Waals surface area contributed by atoms with Crippen molar-refractivity contribution in [2.75, 3.05) is 26.2 Å². The molecule has 3 aliphatic heterocycles. The van der Waals surface area contributed by atoms with Crippen molar-refractivity contribution >= 4 is 17.5 Å². The highest BCUT2D eigenvalue weighted by atomic mass is 35.5. The Morgan fingerprint density at radius 2 is 2.04 bits per heavy atom. The van der Waals surface area contributed by atoms with Gasteiger partial charge in [-0.3, -0.25) is 14.4 Å². The van der Waals surface area contributed by atoms with Crippen molar-refractivity contribution in [3.63, 3.8) is 0 Å². The van der Waals surface area contributed by atoms with Gasteiger partial charge in [0, 0.05) is 39.3 Å². The van der Waals surface area contributed by atoms with Crippen LogP contribution in [0.25, 0.3) is 0 Å². The third kappa shape index (κ3) is 3.38. The molecule has 5 nitrogen and oxygen atoms in total. The molecule has 4 rings (SSSR count). The maximum absolute atomic E-state index is 13.0. The lowest BCUT2D eigenvalue weighted by atomic mass is 9.95. The first kappa shape index (κ1) is 17.5. The number of halogens is 1. The van der Waals surface area contributed by atoms with Gasteiger partial charge in [0.1, 0.15) is 0 Å². The van der Waals surface area contributed by atoms with Crippen LogP contribution in [0.1, 0.15) is 42.9 Å². The largest absolute Gasteiger partial charge is 0.335 e. The van der Waals surface area contributed by atoms with Crippen molar-refractivity contribution in [3.8, 4) is 0 Å². The number of carbonyl (C=O) groups excluding carboxylic acids is 1. The second kappa shape index (κ2) is 6.89. The molecule has 1 amide bonds. The monoisotopic (exact) mass is 350 g/mol. The number of piperidine rings is 1. The summed E-state index contributed by atoms with van der Waals surface area (Å²) in [6, 6.07) is 0.437. The first-order valence-electron chi connectivity index (χ1n) is 8.72. The Morgan fingerprint density at radius 1 is 1.29 bits per heavy atom. The van der Waals surface area contributed by atoms with Crippen LogP contribution in [0.3, 0.4) is 0 Å². The molecule has 0 unspecified atom stereocenters. The summed E-state index contributed by atoms with van der Waals surface area (Å²) in [7, 11) is 1.82. The van der Waals surface area contributed by atoms with E-state index in [9.17, 15) is 4.79 Å². The molecule has 3 saturated heterocycles. The van der Waals surface area contributed by atoms with Crippen molar-refractivity contribution in [2.45, 2.75) is 39.7 Å². The molecule has 4 heterocycles. The smallest absolute Gasteiger partial charge is 0.275 e. The first-order chi connectivity index (χ1) is 11.4. The molecule has 0 N–H and O–H groups in total. The lowest BCUT2D eigenvalue weighted by Gasteiger charge is -2.35. The second-order valence-electron chi connectivity index (χ2n) is 7.41. The van der Waals surface area contributed by atoms with Crippen molar-refractivity contribution in [2.24, 2.45) is 13.0 Å². The highest BCUT2D eigenvalue weighted by Crippen LogP contribution is 2.30. The standard InChI is InChI=1S/C18H27ClN4O/c1-12(2)7-8-22-9-14-5-6-15(22)11-23(10-14)18(24)17-16(19)13(3)21(4)20-17/h7,14-15H,5-6,8-11H2,1-4H3/t14-,15-/m0/s1. The van der Waals surface area contributed by atoms with E-state index in [1.807, 2.05) is 18.9 Å². The van der Waals surface area contributed by atoms with Gasteiger partial charge in [0.05, 0.1) is 10.7 Å². The van der Waals surface area contributed by atoms with E-state index in [2.05, 4.69) is 29.9 Å². The molecule has 3 aliphatic rings. The van der Waals surface area contributed by atoms with Crippen LogP contribution in [0.5, 0.6) is 0 Å². The zero-order chi connectivity index (χ0) is 17.4. The summed E-state index contributed by atoms with van der Waals surface area (Å²) in [5, 5.41) is 4.82. The van der Waals surface area contributed by atoms with Gasteiger partial charge < -0.3 is 4.90 Å². The zero-order valence-corrected chi connectivity index (χ0v) is 15.8. The fourth-order valence-electron chi connectivity index (χ4n) is 3.74. The lowest BCUT2D eigenvalue weighted by Crippen LogP contribution is -2.44. The van der Waals surface area contributed by atoms with E-state index in [1.165, 1.54) is 18.4 Å². The average molecular weight is 351 g/mol. The molecular weight excluding hydrogens is 324 g/mol. The number of rotatable bonds is 3. The SMILES string of the molecule is CC(C)=CCN1C[C@@H]2CC[C@H]1CN(C(=O)c1nn(C)c(C)c1Cl)C2. The van der Waals surface area contributed by atoms with Gasteiger partial charge in [-0.05, 0) is 39.5 Å². The number of carbonyl (C=O) groups is 1. The minimum atomic E-state index is -0.0235. The van der Waals surface area contributed by atoms with Crippen LogP contribution in [0, 0.1) is 12.8 Å². The van der Waals surface area contributed by atoms with Gasteiger partial charge in [-0.15, -0.1) is 0 Å². The van der Waals surface area contributed by atoms with E-state index < -0.39 is 0 Å². The number of fused-ring (bicyclic) bond motifs is 4. The van der Waals surface area contributed by atoms with Gasteiger partial charge in [-0.2, -0.15) is 5.10 Å². The molecule has 2 atom stereocenters. The van der Waals surface area contributed by atoms with Crippen molar-refractivity contribution in [1.82, 2.24) is 19.6 Å². The van der Waals surface area contributed by atoms with Gasteiger partial charge in [0.2, 0.25) is 0 Å². The molecule has 0 saturated carbocycles. The maximum Gasteiger partial charge on any atom is 0.275 e. The minimum Gasteiger partial charge on any atom is -0.335 e. The van der Waals surface area contributed by atoms with E-state index in [0.717, 1.165) is 31.9 Å². The lowest BCUT2D eigenvalue weighted by molar-refractivity contribution is 0.0734. The molecule has 0 spiro atoms. The van der Waals surface area contributed by atoms with E-state index in [-0.39, 0.29) is 5.91 Å². The Bertz CT molecular complexity index is 662. The predicted octanol–water partition coefficient (Wildman–Crippen LogP) is 2.88. The number of amides is 1. The summed E-state index contributed by atoms with van der Waals surface area (Å²) < 4.78 is 1.68. The quantitative estimate of drug-likeness (QED) is 0.787. The molecule has 0 aromatic carbocycles. The molecular formula is C18H27ClN4O. The van der Waals surface area contributed by atoms with E-state index in [4.69, 9.17) is 11.6 Å². The van der Waals surface area contributed by atoms with Crippen LogP contribution in [-0.4, -0.2) is 57.7 Å². The van der Waals surface area contributed by atoms with Gasteiger partial charge in [0.25, 0.3) is 5.91 Å². The van der Waals surface area contributed by atoms with Crippen molar-refractivity contribution < 1.29 is 4.79 Å². The van der Waals surface area contributed by atoms with Gasteiger partial charge in [-0.25, -0.2) is 0 Å². The fourth-order valence-corrected chi connectivity index (χ4v) is 3.98. The number of aromatic nitrogens is 2. The number of hydrogen-bond acceptors (Lipinski definition) is 3. The Morgan fingerprint density at radius 3 is 2.67 bits per heavy atom. The normalized spacial score (nSPS) is 24.1. The number of nitrogens with zero attached hydrogens (tertiary/aromatic N) is 4. The molecule has 0 aliphatic carbocycles. The third-order valence-corrected chi connectivity index (χ3v) is 5.76. The zero-order valence-electron chi connectivity index (χ0n) is 15.0. The summed E-state index contributed by atoms with van der Waals surface area (Å²) in [5.41, 5.74) is 2.58. The maximum atomic E-state index is 13.0. The Balaban J connectivity index is 1.77. The predicted molar refractivity (Wildman–Crippen MR) is 96.4 cm³/mol. The van der Waals surface area contributed by atoms with Crippen LogP contribution < -0.4 is 0 Å². The highest BCUT2D eigenvalue weighted by Gasteiger charge is 2.37. The second-order valence-corrected chi connectivity index (χ2v) is 7.79. The Hall–Kier alpha value is -1.33. The van der Waals surface area contributed by atoms with E-state index in [0.29, 0.717) is 22.7 Å². The summed E-state index contributed by atoms with van der Waals surface area (Å²) in [4.78, 5) is 17.5. The van der Waals surface area contributed by atoms with Crippen LogP contribution in [0.15, 0.2) is 11.6 Å². The molecule has 0 radical (unpaired) electrons. The number of aryl methyl sites for hydroxylation is 1. The third-order valence-electron chi connectivity index (χ3n) is 5.31. The topological polar surface area (TPSA) is 41.4 Å². The number of hydrogen-bond donors (Lipinski definition) is 0. The molecule has 1 aromatic heterocycles. The average Bonchev–Trinajstić information content (AvgIpc) is 2.76. The molecule has 1 aromatic rings. The van der Waals surface area contributed by atoms with Crippen molar-refractivity contribution in [1.29, 1.82) is 0 Å². The highest BCUT2D eigenvalue weighted by molar-refractivity contribution is 6.34. The van der Waals surface area contributed by atoms with Crippen LogP contribution in [-0.2, 0) is 7.05 Å². The summed E-state index contributed by atoms with van der Waals surface area (Å²) in [5.74, 6) is 0.520. The summed E-state index contributed by atoms with van der Waals surface area (Å²) in [6.45, 7) is 9.81.